The van der Waals surface area contributed by atoms with Gasteiger partial charge in [-0.2, -0.15) is 0 Å². The van der Waals surface area contributed by atoms with Gasteiger partial charge in [0.25, 0.3) is 0 Å². The minimum Gasteiger partial charge on any atom is -0.497 e. The Balaban J connectivity index is 2.39. The van der Waals surface area contributed by atoms with Crippen molar-refractivity contribution in [1.29, 1.82) is 0 Å². The van der Waals surface area contributed by atoms with Crippen LogP contribution in [0.25, 0.3) is 0 Å². The zero-order valence-electron chi connectivity index (χ0n) is 8.45. The van der Waals surface area contributed by atoms with Crippen molar-refractivity contribution >= 4 is 5.69 Å². The van der Waals surface area contributed by atoms with Gasteiger partial charge >= 0.3 is 0 Å². The van der Waals surface area contributed by atoms with Crippen molar-refractivity contribution in [1.82, 2.24) is 0 Å². The number of benzene rings is 1. The lowest BCUT2D eigenvalue weighted by Gasteiger charge is -2.28. The summed E-state index contributed by atoms with van der Waals surface area (Å²) < 4.78 is 5.12. The van der Waals surface area contributed by atoms with Crippen molar-refractivity contribution in [2.24, 2.45) is 0 Å². The Kier molecular flexibility index (Phi) is 2.33. The Morgan fingerprint density at radius 3 is 3.00 bits per heavy atom. The van der Waals surface area contributed by atoms with E-state index >= 15 is 0 Å². The molecule has 1 aromatic rings. The molecule has 0 amide bonds. The normalized spacial score (nSPS) is 25.1. The van der Waals surface area contributed by atoms with Gasteiger partial charge in [-0.25, -0.2) is 0 Å². The fourth-order valence-electron chi connectivity index (χ4n) is 1.86. The third-order valence-corrected chi connectivity index (χ3v) is 2.60. The van der Waals surface area contributed by atoms with Crippen LogP contribution in [-0.4, -0.2) is 18.3 Å². The number of ether oxygens (including phenoxy) is 1. The molecular weight excluding hydrogens is 178 g/mol. The summed E-state index contributed by atoms with van der Waals surface area (Å²) in [5.41, 5.74) is 1.94. The molecule has 0 bridgehead atoms. The largest absolute Gasteiger partial charge is 0.497 e. The van der Waals surface area contributed by atoms with Crippen LogP contribution in [0.4, 0.5) is 5.69 Å². The Bertz CT molecular complexity index is 338. The van der Waals surface area contributed by atoms with E-state index in [1.165, 1.54) is 0 Å². The minimum atomic E-state index is -0.378. The van der Waals surface area contributed by atoms with Crippen LogP contribution >= 0.6 is 0 Å². The maximum absolute atomic E-state index is 9.86. The molecule has 76 valence electrons. The number of methoxy groups -OCH3 is 1. The molecule has 1 heterocycles. The van der Waals surface area contributed by atoms with Gasteiger partial charge in [-0.05, 0) is 31.5 Å². The highest BCUT2D eigenvalue weighted by molar-refractivity contribution is 5.57. The summed E-state index contributed by atoms with van der Waals surface area (Å²) in [5, 5.41) is 13.2. The fourth-order valence-corrected chi connectivity index (χ4v) is 1.86. The molecule has 3 nitrogen and oxygen atoms in total. The van der Waals surface area contributed by atoms with Crippen molar-refractivity contribution in [3.63, 3.8) is 0 Å². The van der Waals surface area contributed by atoms with Crippen LogP contribution < -0.4 is 10.1 Å². The summed E-state index contributed by atoms with van der Waals surface area (Å²) in [6, 6.07) is 6.06. The predicted molar refractivity (Wildman–Crippen MR) is 55.7 cm³/mol. The number of anilines is 1. The topological polar surface area (TPSA) is 41.5 Å². The van der Waals surface area contributed by atoms with Crippen molar-refractivity contribution in [2.45, 2.75) is 25.5 Å². The van der Waals surface area contributed by atoms with Gasteiger partial charge in [-0.3, -0.25) is 0 Å². The number of hydrogen-bond acceptors (Lipinski definition) is 3. The number of aliphatic hydroxyl groups is 1. The summed E-state index contributed by atoms with van der Waals surface area (Å²) in [7, 11) is 1.63. The molecule has 0 aliphatic carbocycles. The minimum absolute atomic E-state index is 0.325. The second kappa shape index (κ2) is 3.50. The average Bonchev–Trinajstić information content (AvgIpc) is 2.17. The third-order valence-electron chi connectivity index (χ3n) is 2.60. The van der Waals surface area contributed by atoms with Crippen LogP contribution in [0.5, 0.6) is 5.75 Å². The van der Waals surface area contributed by atoms with E-state index in [4.69, 9.17) is 4.74 Å². The molecular formula is C11H15NO2. The highest BCUT2D eigenvalue weighted by Crippen LogP contribution is 2.34. The second-order valence-electron chi connectivity index (χ2n) is 3.75. The number of nitrogens with one attached hydrogen (secondary N) is 1. The van der Waals surface area contributed by atoms with Crippen molar-refractivity contribution in [2.75, 3.05) is 12.4 Å². The standard InChI is InChI=1S/C11H15NO2/c1-7-5-11(13)9-6-8(14-2)3-4-10(9)12-7/h3-4,6-7,11-13H,5H2,1-2H3/t7-,11-/m0/s1. The van der Waals surface area contributed by atoms with Crippen molar-refractivity contribution < 1.29 is 9.84 Å². The Labute approximate surface area is 83.7 Å². The summed E-state index contributed by atoms with van der Waals surface area (Å²) in [5.74, 6) is 0.791. The lowest BCUT2D eigenvalue weighted by Crippen LogP contribution is -2.25. The first-order valence-corrected chi connectivity index (χ1v) is 4.83. The summed E-state index contributed by atoms with van der Waals surface area (Å²) in [6.45, 7) is 2.07. The number of fused-ring (bicyclic) bond motifs is 1. The van der Waals surface area contributed by atoms with Crippen molar-refractivity contribution in [3.8, 4) is 5.75 Å². The molecule has 1 aliphatic heterocycles. The van der Waals surface area contributed by atoms with E-state index in [2.05, 4.69) is 12.2 Å². The molecule has 2 N–H and O–H groups in total. The van der Waals surface area contributed by atoms with Gasteiger partial charge in [0.05, 0.1) is 13.2 Å². The molecule has 0 saturated heterocycles. The Hall–Kier alpha value is -1.22. The van der Waals surface area contributed by atoms with Gasteiger partial charge in [-0.1, -0.05) is 0 Å². The lowest BCUT2D eigenvalue weighted by atomic mass is 9.96. The maximum Gasteiger partial charge on any atom is 0.119 e. The zero-order chi connectivity index (χ0) is 10.1. The van der Waals surface area contributed by atoms with E-state index in [1.54, 1.807) is 7.11 Å². The SMILES string of the molecule is COc1ccc2c(c1)[C@@H](O)C[C@H](C)N2. The van der Waals surface area contributed by atoms with E-state index < -0.39 is 0 Å². The van der Waals surface area contributed by atoms with E-state index in [0.29, 0.717) is 6.04 Å². The molecule has 0 aromatic heterocycles. The van der Waals surface area contributed by atoms with Crippen LogP contribution in [0.3, 0.4) is 0 Å². The molecule has 3 heteroatoms. The number of aliphatic hydroxyl groups excluding tert-OH is 1. The van der Waals surface area contributed by atoms with Crippen LogP contribution in [0.15, 0.2) is 18.2 Å². The Morgan fingerprint density at radius 1 is 1.50 bits per heavy atom. The van der Waals surface area contributed by atoms with E-state index in [1.807, 2.05) is 18.2 Å². The van der Waals surface area contributed by atoms with Gasteiger partial charge in [-0.15, -0.1) is 0 Å². The Morgan fingerprint density at radius 2 is 2.29 bits per heavy atom. The highest BCUT2D eigenvalue weighted by atomic mass is 16.5. The molecule has 0 fully saturated rings. The monoisotopic (exact) mass is 193 g/mol. The molecule has 2 atom stereocenters. The highest BCUT2D eigenvalue weighted by Gasteiger charge is 2.22. The fraction of sp³-hybridized carbons (Fsp3) is 0.455. The summed E-state index contributed by atoms with van der Waals surface area (Å²) in [6.07, 6.45) is 0.372. The lowest BCUT2D eigenvalue weighted by molar-refractivity contribution is 0.158. The van der Waals surface area contributed by atoms with Gasteiger partial charge in [0, 0.05) is 17.3 Å². The van der Waals surface area contributed by atoms with Gasteiger partial charge in [0.2, 0.25) is 0 Å². The average molecular weight is 193 g/mol. The smallest absolute Gasteiger partial charge is 0.119 e. The molecule has 2 rings (SSSR count). The zero-order valence-corrected chi connectivity index (χ0v) is 8.45. The summed E-state index contributed by atoms with van der Waals surface area (Å²) >= 11 is 0. The van der Waals surface area contributed by atoms with Crippen molar-refractivity contribution in [3.05, 3.63) is 23.8 Å². The first-order valence-electron chi connectivity index (χ1n) is 4.83. The number of rotatable bonds is 1. The quantitative estimate of drug-likeness (QED) is 0.716. The van der Waals surface area contributed by atoms with E-state index in [0.717, 1.165) is 23.4 Å². The van der Waals surface area contributed by atoms with E-state index in [9.17, 15) is 5.11 Å². The maximum atomic E-state index is 9.86. The summed E-state index contributed by atoms with van der Waals surface area (Å²) in [4.78, 5) is 0. The molecule has 14 heavy (non-hydrogen) atoms. The molecule has 0 unspecified atom stereocenters. The van der Waals surface area contributed by atoms with Crippen LogP contribution in [-0.2, 0) is 0 Å². The van der Waals surface area contributed by atoms with E-state index in [-0.39, 0.29) is 6.10 Å². The van der Waals surface area contributed by atoms with Crippen LogP contribution in [0.1, 0.15) is 25.0 Å². The first kappa shape index (κ1) is 9.34. The molecule has 0 spiro atoms. The molecule has 0 radical (unpaired) electrons. The molecule has 1 aliphatic rings. The first-order chi connectivity index (χ1) is 6.70. The van der Waals surface area contributed by atoms with Gasteiger partial charge in [0.15, 0.2) is 0 Å². The van der Waals surface area contributed by atoms with Gasteiger partial charge < -0.3 is 15.2 Å². The van der Waals surface area contributed by atoms with Crippen LogP contribution in [0.2, 0.25) is 0 Å². The second-order valence-corrected chi connectivity index (χ2v) is 3.75. The molecule has 0 saturated carbocycles. The van der Waals surface area contributed by atoms with Crippen LogP contribution in [0, 0.1) is 0 Å². The molecule has 1 aromatic carbocycles. The number of hydrogen-bond donors (Lipinski definition) is 2. The predicted octanol–water partition coefficient (Wildman–Crippen LogP) is 1.93. The third kappa shape index (κ3) is 1.55. The van der Waals surface area contributed by atoms with Gasteiger partial charge in [0.1, 0.15) is 5.75 Å².